The Bertz CT molecular complexity index is 612. The number of rotatable bonds is 4. The number of nitrogens with one attached hydrogen (secondary N) is 3. The lowest BCUT2D eigenvalue weighted by Gasteiger charge is -2.19. The topological polar surface area (TPSA) is 78.0 Å². The van der Waals surface area contributed by atoms with E-state index in [1.54, 1.807) is 6.20 Å². The van der Waals surface area contributed by atoms with Gasteiger partial charge in [0.1, 0.15) is 0 Å². The monoisotopic (exact) mass is 287 g/mol. The highest BCUT2D eigenvalue weighted by molar-refractivity contribution is 6.13. The third-order valence-electron chi connectivity index (χ3n) is 4.21. The van der Waals surface area contributed by atoms with Gasteiger partial charge in [0, 0.05) is 12.2 Å². The van der Waals surface area contributed by atoms with E-state index in [0.29, 0.717) is 37.0 Å². The summed E-state index contributed by atoms with van der Waals surface area (Å²) < 4.78 is 5.28. The predicted molar refractivity (Wildman–Crippen MR) is 83.3 cm³/mol. The first-order valence-electron chi connectivity index (χ1n) is 7.60. The molecule has 0 amide bonds. The summed E-state index contributed by atoms with van der Waals surface area (Å²) in [4.78, 5) is 14.9. The third kappa shape index (κ3) is 3.08. The Morgan fingerprint density at radius 2 is 2.19 bits per heavy atom. The van der Waals surface area contributed by atoms with E-state index in [9.17, 15) is 4.79 Å². The highest BCUT2D eigenvalue weighted by Crippen LogP contribution is 2.24. The van der Waals surface area contributed by atoms with Gasteiger partial charge in [0.15, 0.2) is 0 Å². The number of hydrogen-bond acceptors (Lipinski definition) is 4. The maximum absolute atomic E-state index is 12.2. The molecular formula is C16H21N3O2. The molecule has 0 spiro atoms. The molecule has 0 aromatic carbocycles. The largest absolute Gasteiger partial charge is 0.382 e. The van der Waals surface area contributed by atoms with Gasteiger partial charge in [-0.25, -0.2) is 0 Å². The van der Waals surface area contributed by atoms with Gasteiger partial charge in [-0.1, -0.05) is 18.9 Å². The van der Waals surface area contributed by atoms with Crippen LogP contribution in [0, 0.1) is 5.41 Å². The lowest BCUT2D eigenvalue weighted by Crippen LogP contribution is -2.25. The van der Waals surface area contributed by atoms with Crippen LogP contribution in [0.4, 0.5) is 5.69 Å². The first-order valence-corrected chi connectivity index (χ1v) is 7.60. The Kier molecular flexibility index (Phi) is 4.20. The van der Waals surface area contributed by atoms with E-state index in [-0.39, 0.29) is 5.56 Å². The van der Waals surface area contributed by atoms with Crippen molar-refractivity contribution < 1.29 is 4.74 Å². The molecule has 1 saturated carbocycles. The first-order chi connectivity index (χ1) is 10.3. The fourth-order valence-corrected chi connectivity index (χ4v) is 3.05. The molecule has 1 aliphatic carbocycles. The summed E-state index contributed by atoms with van der Waals surface area (Å²) in [5, 5.41) is 11.8. The maximum Gasteiger partial charge on any atom is 0.259 e. The molecule has 112 valence electrons. The van der Waals surface area contributed by atoms with E-state index in [1.165, 1.54) is 12.8 Å². The zero-order chi connectivity index (χ0) is 14.7. The molecule has 0 unspecified atom stereocenters. The minimum absolute atomic E-state index is 0.199. The van der Waals surface area contributed by atoms with Crippen molar-refractivity contribution in [3.8, 4) is 0 Å². The highest BCUT2D eigenvalue weighted by Gasteiger charge is 2.21. The summed E-state index contributed by atoms with van der Waals surface area (Å²) in [7, 11) is 0. The van der Waals surface area contributed by atoms with Crippen LogP contribution in [0.15, 0.2) is 28.7 Å². The van der Waals surface area contributed by atoms with Crippen molar-refractivity contribution in [2.45, 2.75) is 38.1 Å². The van der Waals surface area contributed by atoms with Crippen molar-refractivity contribution in [1.29, 1.82) is 5.41 Å². The smallest absolute Gasteiger partial charge is 0.259 e. The van der Waals surface area contributed by atoms with Gasteiger partial charge in [-0.05, 0) is 30.9 Å². The normalized spacial score (nSPS) is 19.3. The van der Waals surface area contributed by atoms with Crippen LogP contribution < -0.4 is 10.9 Å². The molecule has 2 heterocycles. The van der Waals surface area contributed by atoms with Gasteiger partial charge in [-0.15, -0.1) is 0 Å². The molecular weight excluding hydrogens is 266 g/mol. The van der Waals surface area contributed by atoms with Crippen molar-refractivity contribution in [3.05, 3.63) is 39.8 Å². The lowest BCUT2D eigenvalue weighted by atomic mass is 9.98. The van der Waals surface area contributed by atoms with Crippen LogP contribution in [0.1, 0.15) is 37.7 Å². The number of anilines is 1. The Balaban J connectivity index is 1.90. The number of aromatic nitrogens is 1. The van der Waals surface area contributed by atoms with Crippen molar-refractivity contribution >= 4 is 11.4 Å². The second-order valence-corrected chi connectivity index (χ2v) is 5.65. The second-order valence-electron chi connectivity index (χ2n) is 5.65. The number of hydrogen-bond donors (Lipinski definition) is 3. The minimum atomic E-state index is -0.199. The summed E-state index contributed by atoms with van der Waals surface area (Å²) in [6.45, 7) is 1.14. The molecule has 1 aliphatic heterocycles. The fourth-order valence-electron chi connectivity index (χ4n) is 3.05. The van der Waals surface area contributed by atoms with E-state index in [2.05, 4.69) is 10.3 Å². The highest BCUT2D eigenvalue weighted by atomic mass is 16.5. The van der Waals surface area contributed by atoms with Gasteiger partial charge in [0.05, 0.1) is 30.2 Å². The van der Waals surface area contributed by atoms with Gasteiger partial charge in [0.2, 0.25) is 0 Å². The molecule has 5 heteroatoms. The SMILES string of the molecule is N=C(C1=CCOCC1)c1c(NC2CCCC2)cc[nH]c1=O. The number of H-pyrrole nitrogens is 1. The third-order valence-corrected chi connectivity index (χ3v) is 4.21. The average molecular weight is 287 g/mol. The Labute approximate surface area is 123 Å². The molecule has 1 aromatic rings. The summed E-state index contributed by atoms with van der Waals surface area (Å²) in [5.41, 5.74) is 2.25. The van der Waals surface area contributed by atoms with Crippen molar-refractivity contribution in [3.63, 3.8) is 0 Å². The van der Waals surface area contributed by atoms with Crippen LogP contribution in [-0.4, -0.2) is 30.0 Å². The predicted octanol–water partition coefficient (Wildman–Crippen LogP) is 2.44. The average Bonchev–Trinajstić information content (AvgIpc) is 3.01. The molecule has 1 aromatic heterocycles. The van der Waals surface area contributed by atoms with Crippen molar-refractivity contribution in [2.75, 3.05) is 18.5 Å². The standard InChI is InChI=1S/C16H21N3O2/c17-15(11-6-9-21-10-7-11)14-13(5-8-18-16(14)20)19-12-3-1-2-4-12/h5-6,8,12,17H,1-4,7,9-10H2,(H2,18,19,20). The molecule has 3 N–H and O–H groups in total. The minimum Gasteiger partial charge on any atom is -0.382 e. The molecule has 3 rings (SSSR count). The van der Waals surface area contributed by atoms with Crippen LogP contribution in [0.25, 0.3) is 0 Å². The zero-order valence-corrected chi connectivity index (χ0v) is 12.1. The molecule has 0 atom stereocenters. The summed E-state index contributed by atoms with van der Waals surface area (Å²) >= 11 is 0. The second kappa shape index (κ2) is 6.26. The van der Waals surface area contributed by atoms with Gasteiger partial charge >= 0.3 is 0 Å². The summed E-state index contributed by atoms with van der Waals surface area (Å²) in [6.07, 6.45) is 8.97. The molecule has 1 fully saturated rings. The maximum atomic E-state index is 12.2. The van der Waals surface area contributed by atoms with Crippen LogP contribution in [0.5, 0.6) is 0 Å². The fraction of sp³-hybridized carbons (Fsp3) is 0.500. The quantitative estimate of drug-likeness (QED) is 0.744. The van der Waals surface area contributed by atoms with E-state index in [4.69, 9.17) is 10.1 Å². The van der Waals surface area contributed by atoms with E-state index in [0.717, 1.165) is 24.1 Å². The molecule has 0 saturated heterocycles. The lowest BCUT2D eigenvalue weighted by molar-refractivity contribution is 0.156. The number of ether oxygens (including phenoxy) is 1. The molecule has 0 radical (unpaired) electrons. The van der Waals surface area contributed by atoms with Crippen LogP contribution in [-0.2, 0) is 4.74 Å². The van der Waals surface area contributed by atoms with E-state index < -0.39 is 0 Å². The number of aromatic amines is 1. The van der Waals surface area contributed by atoms with Gasteiger partial charge in [-0.3, -0.25) is 10.2 Å². The van der Waals surface area contributed by atoms with Crippen LogP contribution in [0.2, 0.25) is 0 Å². The molecule has 5 nitrogen and oxygen atoms in total. The molecule has 21 heavy (non-hydrogen) atoms. The van der Waals surface area contributed by atoms with E-state index in [1.807, 2.05) is 12.1 Å². The summed E-state index contributed by atoms with van der Waals surface area (Å²) in [6, 6.07) is 2.28. The van der Waals surface area contributed by atoms with Crippen LogP contribution in [0.3, 0.4) is 0 Å². The number of pyridine rings is 1. The van der Waals surface area contributed by atoms with Gasteiger partial charge < -0.3 is 15.0 Å². The Morgan fingerprint density at radius 3 is 2.90 bits per heavy atom. The zero-order valence-electron chi connectivity index (χ0n) is 12.1. The summed E-state index contributed by atoms with van der Waals surface area (Å²) in [5.74, 6) is 0. The van der Waals surface area contributed by atoms with Crippen molar-refractivity contribution in [2.24, 2.45) is 0 Å². The molecule has 2 aliphatic rings. The van der Waals surface area contributed by atoms with Gasteiger partial charge in [-0.2, -0.15) is 0 Å². The molecule has 0 bridgehead atoms. The van der Waals surface area contributed by atoms with E-state index >= 15 is 0 Å². The Hall–Kier alpha value is -1.88. The van der Waals surface area contributed by atoms with Gasteiger partial charge in [0.25, 0.3) is 5.56 Å². The van der Waals surface area contributed by atoms with Crippen LogP contribution >= 0.6 is 0 Å². The van der Waals surface area contributed by atoms with Crippen molar-refractivity contribution in [1.82, 2.24) is 4.98 Å². The Morgan fingerprint density at radius 1 is 1.38 bits per heavy atom. The first kappa shape index (κ1) is 14.1.